The van der Waals surface area contributed by atoms with Crippen molar-refractivity contribution >= 4 is 0 Å². The highest BCUT2D eigenvalue weighted by Crippen LogP contribution is 2.45. The average Bonchev–Trinajstić information content (AvgIpc) is 3.15. The van der Waals surface area contributed by atoms with Crippen LogP contribution in [-0.2, 0) is 6.42 Å². The lowest BCUT2D eigenvalue weighted by Gasteiger charge is -2.47. The van der Waals surface area contributed by atoms with E-state index in [1.807, 2.05) is 6.20 Å². The number of nitrogens with zero attached hydrogens (tertiary/aromatic N) is 2. The highest BCUT2D eigenvalue weighted by atomic mass is 15.2. The molecule has 2 unspecified atom stereocenters. The first kappa shape index (κ1) is 15.0. The molecule has 0 saturated heterocycles. The molecular formula is C18H29N3. The number of likely N-dealkylation sites (N-methyl/N-ethyl adjacent to an activating group) is 1. The van der Waals surface area contributed by atoms with Crippen LogP contribution in [0.3, 0.4) is 0 Å². The molecule has 0 radical (unpaired) electrons. The SMILES string of the molecule is CCN(CC)C1(C(N)C2CCc3cccnc32)CCCC1. The lowest BCUT2D eigenvalue weighted by atomic mass is 9.78. The fourth-order valence-corrected chi connectivity index (χ4v) is 4.87. The summed E-state index contributed by atoms with van der Waals surface area (Å²) in [4.78, 5) is 7.31. The van der Waals surface area contributed by atoms with Crippen LogP contribution in [0.25, 0.3) is 0 Å². The molecule has 116 valence electrons. The Morgan fingerprint density at radius 3 is 2.71 bits per heavy atom. The van der Waals surface area contributed by atoms with Gasteiger partial charge >= 0.3 is 0 Å². The molecule has 0 aromatic carbocycles. The summed E-state index contributed by atoms with van der Waals surface area (Å²) in [5.74, 6) is 0.444. The average molecular weight is 287 g/mol. The number of pyridine rings is 1. The third kappa shape index (κ3) is 2.40. The maximum atomic E-state index is 6.90. The molecule has 3 nitrogen and oxygen atoms in total. The van der Waals surface area contributed by atoms with Gasteiger partial charge in [-0.3, -0.25) is 9.88 Å². The molecule has 2 atom stereocenters. The maximum absolute atomic E-state index is 6.90. The number of hydrogen-bond donors (Lipinski definition) is 1. The summed E-state index contributed by atoms with van der Waals surface area (Å²) in [6, 6.07) is 4.51. The summed E-state index contributed by atoms with van der Waals surface area (Å²) in [5.41, 5.74) is 9.81. The number of rotatable bonds is 5. The third-order valence-corrected chi connectivity index (χ3v) is 5.92. The highest BCUT2D eigenvalue weighted by molar-refractivity contribution is 5.31. The lowest BCUT2D eigenvalue weighted by molar-refractivity contribution is 0.0669. The van der Waals surface area contributed by atoms with Crippen molar-refractivity contribution in [3.63, 3.8) is 0 Å². The molecular weight excluding hydrogens is 258 g/mol. The Balaban J connectivity index is 1.91. The van der Waals surface area contributed by atoms with Crippen molar-refractivity contribution in [2.75, 3.05) is 13.1 Å². The second-order valence-electron chi connectivity index (χ2n) is 6.70. The molecule has 3 rings (SSSR count). The van der Waals surface area contributed by atoms with Crippen LogP contribution in [0.15, 0.2) is 18.3 Å². The summed E-state index contributed by atoms with van der Waals surface area (Å²) in [7, 11) is 0. The van der Waals surface area contributed by atoms with E-state index in [-0.39, 0.29) is 11.6 Å². The van der Waals surface area contributed by atoms with E-state index in [9.17, 15) is 0 Å². The molecule has 1 aromatic rings. The van der Waals surface area contributed by atoms with Gasteiger partial charge in [0.05, 0.1) is 0 Å². The van der Waals surface area contributed by atoms with Gasteiger partial charge in [0.15, 0.2) is 0 Å². The minimum Gasteiger partial charge on any atom is -0.326 e. The van der Waals surface area contributed by atoms with Crippen molar-refractivity contribution in [1.29, 1.82) is 0 Å². The van der Waals surface area contributed by atoms with Gasteiger partial charge in [-0.05, 0) is 50.4 Å². The van der Waals surface area contributed by atoms with Gasteiger partial charge in [0.25, 0.3) is 0 Å². The van der Waals surface area contributed by atoms with Crippen LogP contribution < -0.4 is 5.73 Å². The second kappa shape index (κ2) is 6.05. The monoisotopic (exact) mass is 287 g/mol. The van der Waals surface area contributed by atoms with Crippen LogP contribution in [0.4, 0.5) is 0 Å². The first-order valence-corrected chi connectivity index (χ1v) is 8.67. The first-order valence-electron chi connectivity index (χ1n) is 8.67. The van der Waals surface area contributed by atoms with Crippen LogP contribution in [0.5, 0.6) is 0 Å². The smallest absolute Gasteiger partial charge is 0.0482 e. The van der Waals surface area contributed by atoms with Crippen molar-refractivity contribution in [3.8, 4) is 0 Å². The van der Waals surface area contributed by atoms with Crippen LogP contribution in [0, 0.1) is 0 Å². The zero-order valence-electron chi connectivity index (χ0n) is 13.5. The molecule has 1 fully saturated rings. The summed E-state index contributed by atoms with van der Waals surface area (Å²) in [6.07, 6.45) is 9.43. The van der Waals surface area contributed by atoms with E-state index in [1.165, 1.54) is 43.4 Å². The summed E-state index contributed by atoms with van der Waals surface area (Å²) < 4.78 is 0. The Morgan fingerprint density at radius 1 is 1.33 bits per heavy atom. The topological polar surface area (TPSA) is 42.1 Å². The largest absolute Gasteiger partial charge is 0.326 e. The van der Waals surface area contributed by atoms with E-state index in [0.29, 0.717) is 5.92 Å². The molecule has 2 N–H and O–H groups in total. The molecule has 1 saturated carbocycles. The van der Waals surface area contributed by atoms with Gasteiger partial charge in [-0.25, -0.2) is 0 Å². The van der Waals surface area contributed by atoms with Gasteiger partial charge in [0.1, 0.15) is 0 Å². The molecule has 2 aliphatic rings. The van der Waals surface area contributed by atoms with E-state index in [4.69, 9.17) is 5.73 Å². The van der Waals surface area contributed by atoms with Crippen molar-refractivity contribution in [2.24, 2.45) is 5.73 Å². The van der Waals surface area contributed by atoms with Gasteiger partial charge in [-0.2, -0.15) is 0 Å². The summed E-state index contributed by atoms with van der Waals surface area (Å²) >= 11 is 0. The fraction of sp³-hybridized carbons (Fsp3) is 0.722. The number of hydrogen-bond acceptors (Lipinski definition) is 3. The van der Waals surface area contributed by atoms with Gasteiger partial charge in [-0.15, -0.1) is 0 Å². The number of nitrogens with two attached hydrogens (primary N) is 1. The van der Waals surface area contributed by atoms with E-state index in [2.05, 4.69) is 35.9 Å². The predicted molar refractivity (Wildman–Crippen MR) is 87.4 cm³/mol. The molecule has 1 heterocycles. The number of fused-ring (bicyclic) bond motifs is 1. The predicted octanol–water partition coefficient (Wildman–Crippen LogP) is 3.09. The molecule has 0 bridgehead atoms. The van der Waals surface area contributed by atoms with Crippen LogP contribution in [0.1, 0.15) is 63.1 Å². The molecule has 3 heteroatoms. The fourth-order valence-electron chi connectivity index (χ4n) is 4.87. The van der Waals surface area contributed by atoms with Gasteiger partial charge < -0.3 is 5.73 Å². The summed E-state index contributed by atoms with van der Waals surface area (Å²) in [6.45, 7) is 6.76. The van der Waals surface area contributed by atoms with Gasteiger partial charge in [-0.1, -0.05) is 32.8 Å². The standard InChI is InChI=1S/C18H29N3/c1-3-21(4-2)18(11-5-6-12-18)17(19)15-10-9-14-8-7-13-20-16(14)15/h7-8,13,15,17H,3-6,9-12,19H2,1-2H3. The first-order chi connectivity index (χ1) is 10.2. The van der Waals surface area contributed by atoms with Crippen LogP contribution in [0.2, 0.25) is 0 Å². The van der Waals surface area contributed by atoms with Crippen LogP contribution in [-0.4, -0.2) is 34.6 Å². The van der Waals surface area contributed by atoms with E-state index < -0.39 is 0 Å². The Morgan fingerprint density at radius 2 is 2.05 bits per heavy atom. The van der Waals surface area contributed by atoms with Gasteiger partial charge in [0, 0.05) is 29.4 Å². The Kier molecular flexibility index (Phi) is 4.32. The Bertz CT molecular complexity index is 475. The van der Waals surface area contributed by atoms with Crippen LogP contribution >= 0.6 is 0 Å². The second-order valence-corrected chi connectivity index (χ2v) is 6.70. The van der Waals surface area contributed by atoms with Gasteiger partial charge in [0.2, 0.25) is 0 Å². The maximum Gasteiger partial charge on any atom is 0.0482 e. The normalized spacial score (nSPS) is 25.2. The molecule has 0 amide bonds. The van der Waals surface area contributed by atoms with E-state index in [0.717, 1.165) is 19.5 Å². The highest BCUT2D eigenvalue weighted by Gasteiger charge is 2.47. The Labute approximate surface area is 128 Å². The molecule has 0 spiro atoms. The third-order valence-electron chi connectivity index (χ3n) is 5.92. The molecule has 1 aromatic heterocycles. The van der Waals surface area contributed by atoms with E-state index in [1.54, 1.807) is 0 Å². The number of aryl methyl sites for hydroxylation is 1. The zero-order valence-corrected chi connectivity index (χ0v) is 13.5. The molecule has 2 aliphatic carbocycles. The van der Waals surface area contributed by atoms with Crippen molar-refractivity contribution in [1.82, 2.24) is 9.88 Å². The van der Waals surface area contributed by atoms with Crippen molar-refractivity contribution in [2.45, 2.75) is 69.9 Å². The molecule has 21 heavy (non-hydrogen) atoms. The van der Waals surface area contributed by atoms with Crippen molar-refractivity contribution < 1.29 is 0 Å². The lowest BCUT2D eigenvalue weighted by Crippen LogP contribution is -2.60. The summed E-state index contributed by atoms with van der Waals surface area (Å²) in [5, 5.41) is 0. The zero-order chi connectivity index (χ0) is 14.9. The Hall–Kier alpha value is -0.930. The van der Waals surface area contributed by atoms with Crippen molar-refractivity contribution in [3.05, 3.63) is 29.6 Å². The van der Waals surface area contributed by atoms with E-state index >= 15 is 0 Å². The quantitative estimate of drug-likeness (QED) is 0.905. The number of aromatic nitrogens is 1. The molecule has 0 aliphatic heterocycles. The minimum absolute atomic E-state index is 0.202. The minimum atomic E-state index is 0.202.